The Morgan fingerprint density at radius 1 is 1.21 bits per heavy atom. The van der Waals surface area contributed by atoms with Crippen molar-refractivity contribution < 1.29 is 4.79 Å². The Morgan fingerprint density at radius 3 is 2.84 bits per heavy atom. The second kappa shape index (κ2) is 5.67. The lowest BCUT2D eigenvalue weighted by Crippen LogP contribution is -2.37. The maximum Gasteiger partial charge on any atom is 0.223 e. The van der Waals surface area contributed by atoms with Gasteiger partial charge in [-0.2, -0.15) is 5.21 Å². The molecule has 0 aliphatic heterocycles. The Hall–Kier alpha value is -1.46. The lowest BCUT2D eigenvalue weighted by molar-refractivity contribution is -0.127. The molecule has 2 aliphatic carbocycles. The highest BCUT2D eigenvalue weighted by Gasteiger charge is 2.34. The highest BCUT2D eigenvalue weighted by Crippen LogP contribution is 2.42. The first-order chi connectivity index (χ1) is 9.33. The number of carbonyl (C=O) groups is 1. The molecule has 1 aromatic rings. The fraction of sp³-hybridized carbons (Fsp3) is 0.846. The molecule has 1 amide bonds. The van der Waals surface area contributed by atoms with E-state index in [2.05, 4.69) is 25.9 Å². The molecule has 6 heteroatoms. The molecule has 104 valence electrons. The van der Waals surface area contributed by atoms with Gasteiger partial charge >= 0.3 is 0 Å². The summed E-state index contributed by atoms with van der Waals surface area (Å²) in [5.41, 5.74) is 0. The van der Waals surface area contributed by atoms with E-state index in [0.29, 0.717) is 12.4 Å². The number of tetrazole rings is 1. The van der Waals surface area contributed by atoms with Crippen LogP contribution >= 0.6 is 0 Å². The monoisotopic (exact) mass is 263 g/mol. The molecule has 1 heterocycles. The fourth-order valence-corrected chi connectivity index (χ4v) is 3.68. The Kier molecular flexibility index (Phi) is 3.75. The van der Waals surface area contributed by atoms with Gasteiger partial charge < -0.3 is 5.32 Å². The number of rotatable bonds is 3. The molecule has 0 saturated heterocycles. The normalized spacial score (nSPS) is 30.6. The summed E-state index contributed by atoms with van der Waals surface area (Å²) in [5.74, 6) is 2.55. The first kappa shape index (κ1) is 12.6. The van der Waals surface area contributed by atoms with Gasteiger partial charge in [-0.25, -0.2) is 0 Å². The van der Waals surface area contributed by atoms with Crippen molar-refractivity contribution in [2.45, 2.75) is 51.5 Å². The summed E-state index contributed by atoms with van der Waals surface area (Å²) in [6, 6.07) is 0. The van der Waals surface area contributed by atoms with Crippen LogP contribution in [0.15, 0.2) is 0 Å². The van der Waals surface area contributed by atoms with E-state index >= 15 is 0 Å². The molecule has 0 aromatic carbocycles. The van der Waals surface area contributed by atoms with Gasteiger partial charge in [-0.3, -0.25) is 4.79 Å². The average Bonchev–Trinajstić information content (AvgIpc) is 2.97. The molecule has 3 unspecified atom stereocenters. The number of hydrogen-bond acceptors (Lipinski definition) is 4. The van der Waals surface area contributed by atoms with Gasteiger partial charge in [0.05, 0.1) is 6.54 Å². The SMILES string of the molecule is O=C(NCc1nn[nH]n1)C1CCC2CCCCC2C1. The van der Waals surface area contributed by atoms with Gasteiger partial charge in [0, 0.05) is 5.92 Å². The number of amides is 1. The largest absolute Gasteiger partial charge is 0.348 e. The molecule has 2 saturated carbocycles. The van der Waals surface area contributed by atoms with Crippen LogP contribution in [0, 0.1) is 17.8 Å². The first-order valence-corrected chi connectivity index (χ1v) is 7.33. The van der Waals surface area contributed by atoms with Crippen molar-refractivity contribution >= 4 is 5.91 Å². The summed E-state index contributed by atoms with van der Waals surface area (Å²) in [6.07, 6.45) is 8.77. The predicted octanol–water partition coefficient (Wildman–Crippen LogP) is 1.42. The zero-order valence-electron chi connectivity index (χ0n) is 11.1. The summed E-state index contributed by atoms with van der Waals surface area (Å²) in [4.78, 5) is 12.2. The molecular weight excluding hydrogens is 242 g/mol. The van der Waals surface area contributed by atoms with Gasteiger partial charge in [0.25, 0.3) is 0 Å². The number of carbonyl (C=O) groups excluding carboxylic acids is 1. The molecule has 0 radical (unpaired) electrons. The standard InChI is InChI=1S/C13H21N5O/c19-13(14-8-12-15-17-18-16-12)11-6-5-9-3-1-2-4-10(9)7-11/h9-11H,1-8H2,(H,14,19)(H,15,16,17,18). The second-order valence-corrected chi connectivity index (χ2v) is 5.86. The van der Waals surface area contributed by atoms with Gasteiger partial charge in [-0.1, -0.05) is 30.9 Å². The molecule has 6 nitrogen and oxygen atoms in total. The summed E-state index contributed by atoms with van der Waals surface area (Å²) < 4.78 is 0. The third-order valence-electron chi connectivity index (χ3n) is 4.72. The van der Waals surface area contributed by atoms with Crippen LogP contribution in [-0.2, 0) is 11.3 Å². The van der Waals surface area contributed by atoms with Crippen LogP contribution in [0.4, 0.5) is 0 Å². The van der Waals surface area contributed by atoms with Crippen molar-refractivity contribution in [1.82, 2.24) is 25.9 Å². The maximum atomic E-state index is 12.2. The zero-order chi connectivity index (χ0) is 13.1. The van der Waals surface area contributed by atoms with E-state index in [1.165, 1.54) is 32.1 Å². The maximum absolute atomic E-state index is 12.2. The summed E-state index contributed by atoms with van der Waals surface area (Å²) >= 11 is 0. The van der Waals surface area contributed by atoms with Crippen LogP contribution < -0.4 is 5.32 Å². The Bertz CT molecular complexity index is 419. The predicted molar refractivity (Wildman–Crippen MR) is 68.8 cm³/mol. The number of nitrogens with zero attached hydrogens (tertiary/aromatic N) is 3. The van der Waals surface area contributed by atoms with Crippen molar-refractivity contribution in [2.75, 3.05) is 0 Å². The highest BCUT2D eigenvalue weighted by atomic mass is 16.1. The van der Waals surface area contributed by atoms with Gasteiger partial charge in [-0.15, -0.1) is 10.2 Å². The molecule has 1 aromatic heterocycles. The third-order valence-corrected chi connectivity index (χ3v) is 4.72. The number of fused-ring (bicyclic) bond motifs is 1. The topological polar surface area (TPSA) is 83.6 Å². The summed E-state index contributed by atoms with van der Waals surface area (Å²) in [6.45, 7) is 0.375. The Morgan fingerprint density at radius 2 is 2.05 bits per heavy atom. The smallest absolute Gasteiger partial charge is 0.223 e. The lowest BCUT2D eigenvalue weighted by Gasteiger charge is -2.38. The minimum Gasteiger partial charge on any atom is -0.348 e. The van der Waals surface area contributed by atoms with E-state index in [9.17, 15) is 4.79 Å². The number of H-pyrrole nitrogens is 1. The third kappa shape index (κ3) is 2.93. The molecule has 2 fully saturated rings. The van der Waals surface area contributed by atoms with Gasteiger partial charge in [0.15, 0.2) is 5.82 Å². The van der Waals surface area contributed by atoms with Gasteiger partial charge in [0.2, 0.25) is 5.91 Å². The van der Waals surface area contributed by atoms with E-state index in [0.717, 1.165) is 24.7 Å². The first-order valence-electron chi connectivity index (χ1n) is 7.33. The molecular formula is C13H21N5O. The second-order valence-electron chi connectivity index (χ2n) is 5.86. The molecule has 3 rings (SSSR count). The molecule has 19 heavy (non-hydrogen) atoms. The van der Waals surface area contributed by atoms with Gasteiger partial charge in [-0.05, 0) is 31.1 Å². The van der Waals surface area contributed by atoms with Gasteiger partial charge in [0.1, 0.15) is 0 Å². The van der Waals surface area contributed by atoms with Crippen LogP contribution in [0.25, 0.3) is 0 Å². The van der Waals surface area contributed by atoms with Crippen molar-refractivity contribution in [3.8, 4) is 0 Å². The van der Waals surface area contributed by atoms with Crippen LogP contribution in [0.2, 0.25) is 0 Å². The minimum absolute atomic E-state index is 0.161. The number of nitrogens with one attached hydrogen (secondary N) is 2. The molecule has 3 atom stereocenters. The highest BCUT2D eigenvalue weighted by molar-refractivity contribution is 5.78. The minimum atomic E-state index is 0.161. The van der Waals surface area contributed by atoms with Crippen molar-refractivity contribution in [3.05, 3.63) is 5.82 Å². The molecule has 2 aliphatic rings. The molecule has 2 N–H and O–H groups in total. The van der Waals surface area contributed by atoms with Crippen LogP contribution in [0.1, 0.15) is 50.8 Å². The van der Waals surface area contributed by atoms with E-state index in [4.69, 9.17) is 0 Å². The van der Waals surface area contributed by atoms with E-state index in [-0.39, 0.29) is 11.8 Å². The summed E-state index contributed by atoms with van der Waals surface area (Å²) in [7, 11) is 0. The van der Waals surface area contributed by atoms with Crippen LogP contribution in [-0.4, -0.2) is 26.5 Å². The zero-order valence-corrected chi connectivity index (χ0v) is 11.1. The van der Waals surface area contributed by atoms with E-state index < -0.39 is 0 Å². The lowest BCUT2D eigenvalue weighted by atomic mass is 9.67. The Balaban J connectivity index is 1.50. The van der Waals surface area contributed by atoms with Crippen LogP contribution in [0.3, 0.4) is 0 Å². The van der Waals surface area contributed by atoms with Crippen molar-refractivity contribution in [1.29, 1.82) is 0 Å². The molecule has 0 bridgehead atoms. The number of aromatic amines is 1. The summed E-state index contributed by atoms with van der Waals surface area (Å²) in [5, 5.41) is 16.5. The van der Waals surface area contributed by atoms with E-state index in [1.807, 2.05) is 0 Å². The van der Waals surface area contributed by atoms with Crippen molar-refractivity contribution in [3.63, 3.8) is 0 Å². The quantitative estimate of drug-likeness (QED) is 0.864. The van der Waals surface area contributed by atoms with Crippen LogP contribution in [0.5, 0.6) is 0 Å². The fourth-order valence-electron chi connectivity index (χ4n) is 3.68. The van der Waals surface area contributed by atoms with E-state index in [1.54, 1.807) is 0 Å². The average molecular weight is 263 g/mol. The number of aromatic nitrogens is 4. The molecule has 0 spiro atoms. The van der Waals surface area contributed by atoms with Crippen molar-refractivity contribution in [2.24, 2.45) is 17.8 Å². The Labute approximate surface area is 112 Å². The number of hydrogen-bond donors (Lipinski definition) is 2.